The number of hydrogen-bond acceptors (Lipinski definition) is 15. The monoisotopic (exact) mass is 1660 g/mol. The maximum absolute atomic E-state index is 11.4. The molecule has 87 heavy (non-hydrogen) atoms. The van der Waals surface area contributed by atoms with Gasteiger partial charge in [0, 0.05) is 155 Å². The van der Waals surface area contributed by atoms with Crippen molar-refractivity contribution in [1.29, 1.82) is 5.26 Å². The van der Waals surface area contributed by atoms with Gasteiger partial charge in [0.2, 0.25) is 0 Å². The van der Waals surface area contributed by atoms with E-state index in [0.717, 1.165) is 131 Å². The number of anilines is 4. The number of halogens is 4. The number of thioether (sulfide) groups is 1. The first-order valence-electron chi connectivity index (χ1n) is 29.8. The molecule has 0 spiro atoms. The van der Waals surface area contributed by atoms with Crippen LogP contribution in [0.5, 0.6) is 0 Å². The molecule has 14 nitrogen and oxygen atoms in total. The first-order valence-corrected chi connectivity index (χ1v) is 38.6. The molecule has 0 radical (unpaired) electrons. The molecule has 0 aliphatic carbocycles. The Hall–Kier alpha value is -4.36. The van der Waals surface area contributed by atoms with Crippen molar-refractivity contribution in [2.75, 3.05) is 58.0 Å². The lowest BCUT2D eigenvalue weighted by molar-refractivity contribution is 0.559. The van der Waals surface area contributed by atoms with Crippen molar-refractivity contribution in [3.63, 3.8) is 0 Å². The van der Waals surface area contributed by atoms with Gasteiger partial charge in [-0.3, -0.25) is 0 Å². The number of unbranched alkanes of at least 4 members (excludes halogenated alkanes) is 14. The molecule has 0 aliphatic rings. The van der Waals surface area contributed by atoms with Crippen molar-refractivity contribution < 1.29 is 17.7 Å². The van der Waals surface area contributed by atoms with Gasteiger partial charge in [0.05, 0.1) is 0 Å². The van der Waals surface area contributed by atoms with E-state index in [2.05, 4.69) is 95.0 Å². The normalized spacial score (nSPS) is 10.2. The molecule has 0 saturated heterocycles. The Bertz CT molecular complexity index is 3380. The molecule has 0 bridgehead atoms. The summed E-state index contributed by atoms with van der Waals surface area (Å²) in [7, 11) is 0. The standard InChI is InChI=1S/C17H20N2O2S.C16H20INO2.C16H22N2O2.C10H9NO2.C8H18.CH4.I2.HI/c1-13-10-17(20)21-16-11-14(6-7-15(13)16)19-8-4-2-3-5-9-22-12-18;2*1-12-10-16(19)20-15-11-13(6-7-14(12)15)18-9-5-3-2-4-8-17;1-6-4-10(12)13-9-5-7(11)2-3-8(6)9;1-3-5-7-8-6-4-2;;1-2;/h6-7,10-11,19H,2-5,8-9H2,1H3;6-7,10-11,18H,2-5,8-9H2,1H3;6-7,10-11,18H,2-5,8-9,17H2,1H3;2-5H,11H2,1H3;3-8H2,1-2H3;1H4;;1H. The lowest BCUT2D eigenvalue weighted by atomic mass is 10.1. The lowest BCUT2D eigenvalue weighted by Crippen LogP contribution is -2.03. The van der Waals surface area contributed by atoms with Crippen LogP contribution in [0.3, 0.4) is 0 Å². The van der Waals surface area contributed by atoms with Crippen LogP contribution in [0.4, 0.5) is 22.7 Å². The fraction of sp³-hybridized carbons (Fsp3) is 0.456. The molecule has 478 valence electrons. The van der Waals surface area contributed by atoms with Gasteiger partial charge in [0.25, 0.3) is 0 Å². The van der Waals surface area contributed by atoms with Gasteiger partial charge in [0.1, 0.15) is 27.7 Å². The first kappa shape index (κ1) is 80.7. The quantitative estimate of drug-likeness (QED) is 0.00805. The molecule has 0 amide bonds. The number of thiocyanates is 1. The van der Waals surface area contributed by atoms with Crippen molar-refractivity contribution in [3.8, 4) is 5.40 Å². The number of rotatable bonds is 27. The van der Waals surface area contributed by atoms with Gasteiger partial charge in [-0.25, -0.2) is 19.2 Å². The summed E-state index contributed by atoms with van der Waals surface area (Å²) >= 11 is 7.99. The van der Waals surface area contributed by atoms with E-state index in [0.29, 0.717) is 28.0 Å². The summed E-state index contributed by atoms with van der Waals surface area (Å²) in [5, 5.41) is 24.5. The molecular weight excluding hydrogens is 1570 g/mol. The third kappa shape index (κ3) is 32.3. The second-order valence-corrected chi connectivity index (χ2v) is 22.7. The Morgan fingerprint density at radius 2 is 0.770 bits per heavy atom. The van der Waals surface area contributed by atoms with E-state index in [1.54, 1.807) is 12.1 Å². The molecule has 0 aliphatic heterocycles. The molecule has 4 heterocycles. The largest absolute Gasteiger partial charge is 0.423 e. The van der Waals surface area contributed by atoms with Crippen LogP contribution in [0.25, 0.3) is 43.9 Å². The molecule has 4 aromatic carbocycles. The Morgan fingerprint density at radius 1 is 0.460 bits per heavy atom. The molecule has 4 aromatic heterocycles. The third-order valence-electron chi connectivity index (χ3n) is 13.7. The highest BCUT2D eigenvalue weighted by molar-refractivity contribution is 15.0. The van der Waals surface area contributed by atoms with Crippen LogP contribution >= 0.6 is 95.6 Å². The average molecular weight is 1660 g/mol. The van der Waals surface area contributed by atoms with Crippen molar-refractivity contribution in [3.05, 3.63) is 161 Å². The molecule has 0 saturated carbocycles. The van der Waals surface area contributed by atoms with Crippen LogP contribution in [-0.4, -0.2) is 36.4 Å². The van der Waals surface area contributed by atoms with Gasteiger partial charge in [-0.15, -0.1) is 24.0 Å². The summed E-state index contributed by atoms with van der Waals surface area (Å²) in [6.07, 6.45) is 22.6. The molecule has 0 unspecified atom stereocenters. The third-order valence-corrected chi connectivity index (χ3v) is 15.1. The molecule has 0 fully saturated rings. The minimum atomic E-state index is -0.337. The van der Waals surface area contributed by atoms with Gasteiger partial charge in [-0.1, -0.05) is 121 Å². The fourth-order valence-electron chi connectivity index (χ4n) is 9.09. The number of benzene rings is 4. The lowest BCUT2D eigenvalue weighted by Gasteiger charge is -2.08. The minimum Gasteiger partial charge on any atom is -0.423 e. The van der Waals surface area contributed by atoms with Gasteiger partial charge >= 0.3 is 22.5 Å². The van der Waals surface area contributed by atoms with Crippen molar-refractivity contribution in [2.45, 2.75) is 165 Å². The summed E-state index contributed by atoms with van der Waals surface area (Å²) in [5.41, 5.74) is 19.6. The smallest absolute Gasteiger partial charge is 0.336 e. The number of nitrogen functional groups attached to an aromatic ring is 1. The van der Waals surface area contributed by atoms with Gasteiger partial charge in [-0.2, -0.15) is 5.26 Å². The number of fused-ring (bicyclic) bond motifs is 4. The molecule has 8 aromatic rings. The van der Waals surface area contributed by atoms with Crippen LogP contribution in [-0.2, 0) is 0 Å². The number of hydrogen-bond donors (Lipinski definition) is 5. The number of nitriles is 1. The first-order chi connectivity index (χ1) is 41.2. The fourth-order valence-corrected chi connectivity index (χ4v) is 10.1. The molecule has 0 atom stereocenters. The average Bonchev–Trinajstić information content (AvgIpc) is 2.21. The molecule has 7 N–H and O–H groups in total. The highest BCUT2D eigenvalue weighted by Crippen LogP contribution is 2.24. The molecule has 19 heteroatoms. The topological polar surface area (TPSA) is 233 Å². The molecule has 8 rings (SSSR count). The van der Waals surface area contributed by atoms with E-state index >= 15 is 0 Å². The van der Waals surface area contributed by atoms with E-state index in [-0.39, 0.29) is 53.9 Å². The van der Waals surface area contributed by atoms with Crippen LogP contribution in [0.2, 0.25) is 0 Å². The number of nitrogens with zero attached hydrogens (tertiary/aromatic N) is 1. The van der Waals surface area contributed by atoms with Crippen LogP contribution in [0.15, 0.2) is 134 Å². The summed E-state index contributed by atoms with van der Waals surface area (Å²) in [5.74, 6) is 0.924. The zero-order chi connectivity index (χ0) is 62.2. The second-order valence-electron chi connectivity index (χ2n) is 20.7. The van der Waals surface area contributed by atoms with Crippen LogP contribution in [0.1, 0.15) is 159 Å². The van der Waals surface area contributed by atoms with Crippen LogP contribution < -0.4 is 49.9 Å². The van der Waals surface area contributed by atoms with E-state index in [1.807, 2.05) is 88.4 Å². The summed E-state index contributed by atoms with van der Waals surface area (Å²) in [6, 6.07) is 29.1. The number of alkyl halides is 1. The van der Waals surface area contributed by atoms with E-state index in [4.69, 9.17) is 34.4 Å². The van der Waals surface area contributed by atoms with Gasteiger partial charge in [0.15, 0.2) is 0 Å². The minimum absolute atomic E-state index is 0. The van der Waals surface area contributed by atoms with E-state index in [9.17, 15) is 19.2 Å². The Labute approximate surface area is 574 Å². The summed E-state index contributed by atoms with van der Waals surface area (Å²) in [6.45, 7) is 15.7. The highest BCUT2D eigenvalue weighted by Gasteiger charge is 2.07. The summed E-state index contributed by atoms with van der Waals surface area (Å²) < 4.78 is 22.0. The number of nitrogens with one attached hydrogen (secondary N) is 3. The Balaban J connectivity index is 0.000000553. The second kappa shape index (κ2) is 48.5. The van der Waals surface area contributed by atoms with Gasteiger partial charge < -0.3 is 45.1 Å². The van der Waals surface area contributed by atoms with Gasteiger partial charge in [-0.05, 0) is 160 Å². The van der Waals surface area contributed by atoms with Crippen molar-refractivity contribution in [2.24, 2.45) is 5.73 Å². The zero-order valence-electron chi connectivity index (χ0n) is 51.0. The molecular formula is C68H94I4N6O8S. The SMILES string of the molecule is C.CCCCCCCC.Cc1cc(=O)oc2cc(N)ccc12.Cc1cc(=O)oc2cc(NCCCCCCI)ccc12.Cc1cc(=O)oc2cc(NCCCCCCN)ccc12.Cc1cc(=O)oc2cc(NCCCCCCSC#N)ccc12.I.II. The number of aryl methyl sites for hydroxylation is 4. The Kier molecular flexibility index (Phi) is 44.9. The highest BCUT2D eigenvalue weighted by atomic mass is 128. The van der Waals surface area contributed by atoms with E-state index in [1.165, 1.54) is 118 Å². The maximum atomic E-state index is 11.4. The van der Waals surface area contributed by atoms with Crippen molar-refractivity contribution in [1.82, 2.24) is 0 Å². The predicted molar refractivity (Wildman–Crippen MR) is 409 cm³/mol. The zero-order valence-corrected chi connectivity index (χ0v) is 60.6. The number of nitrogens with two attached hydrogens (primary N) is 2. The maximum Gasteiger partial charge on any atom is 0.336 e. The summed E-state index contributed by atoms with van der Waals surface area (Å²) in [4.78, 5) is 45.2. The van der Waals surface area contributed by atoms with Crippen LogP contribution in [0, 0.1) is 38.4 Å². The van der Waals surface area contributed by atoms with E-state index < -0.39 is 0 Å². The Morgan fingerprint density at radius 3 is 1.10 bits per heavy atom. The predicted octanol–water partition coefficient (Wildman–Crippen LogP) is 19.9. The van der Waals surface area contributed by atoms with Crippen molar-refractivity contribution >= 4 is 162 Å².